The first-order valence-corrected chi connectivity index (χ1v) is 10.6. The molecule has 0 aromatic heterocycles. The second-order valence-corrected chi connectivity index (χ2v) is 7.07. The molecular formula is C23H43. The van der Waals surface area contributed by atoms with Crippen LogP contribution < -0.4 is 0 Å². The third-order valence-electron chi connectivity index (χ3n) is 4.72. The Bertz CT molecular complexity index is 238. The normalized spacial score (nSPS) is 11.3. The van der Waals surface area contributed by atoms with Gasteiger partial charge < -0.3 is 0 Å². The summed E-state index contributed by atoms with van der Waals surface area (Å²) in [6, 6.07) is 0. The highest BCUT2D eigenvalue weighted by Gasteiger charge is 1.94. The Morgan fingerprint density at radius 2 is 0.870 bits per heavy atom. The van der Waals surface area contributed by atoms with Gasteiger partial charge in [-0.2, -0.15) is 0 Å². The van der Waals surface area contributed by atoms with Crippen LogP contribution in [0.5, 0.6) is 0 Å². The van der Waals surface area contributed by atoms with Crippen LogP contribution in [0.3, 0.4) is 0 Å². The average Bonchev–Trinajstić information content (AvgIpc) is 2.57. The summed E-state index contributed by atoms with van der Waals surface area (Å²) in [7, 11) is 0. The standard InChI is InChI=1S/C23H43/c1-3-5-7-9-11-13-15-17-19-21-23-22-20-18-16-14-12-10-8-6-4-2/h1,3,5,7H,4,6,8-23H2,2H3. The lowest BCUT2D eigenvalue weighted by atomic mass is 10.0. The fourth-order valence-corrected chi connectivity index (χ4v) is 3.16. The molecule has 135 valence electrons. The van der Waals surface area contributed by atoms with Crippen LogP contribution in [0.15, 0.2) is 18.2 Å². The molecule has 0 saturated heterocycles. The molecule has 23 heavy (non-hydrogen) atoms. The van der Waals surface area contributed by atoms with Crippen LogP contribution in [0.2, 0.25) is 0 Å². The molecule has 0 spiro atoms. The Hall–Kier alpha value is -0.520. The van der Waals surface area contributed by atoms with Crippen molar-refractivity contribution in [2.24, 2.45) is 0 Å². The van der Waals surface area contributed by atoms with Crippen LogP contribution in [0.4, 0.5) is 0 Å². The van der Waals surface area contributed by atoms with Gasteiger partial charge in [-0.25, -0.2) is 0 Å². The first kappa shape index (κ1) is 22.5. The molecule has 0 rings (SSSR count). The molecular weight excluding hydrogens is 276 g/mol. The van der Waals surface area contributed by atoms with Crippen LogP contribution >= 0.6 is 0 Å². The molecule has 0 aromatic carbocycles. The van der Waals surface area contributed by atoms with Gasteiger partial charge in [-0.3, -0.25) is 0 Å². The van der Waals surface area contributed by atoms with Gasteiger partial charge in [0, 0.05) is 0 Å². The molecule has 0 aliphatic carbocycles. The van der Waals surface area contributed by atoms with E-state index in [9.17, 15) is 0 Å². The Balaban J connectivity index is 2.97. The van der Waals surface area contributed by atoms with E-state index in [0.717, 1.165) is 0 Å². The lowest BCUT2D eigenvalue weighted by Gasteiger charge is -2.03. The van der Waals surface area contributed by atoms with Crippen molar-refractivity contribution in [1.82, 2.24) is 0 Å². The summed E-state index contributed by atoms with van der Waals surface area (Å²) in [6.45, 7) is 7.59. The van der Waals surface area contributed by atoms with Crippen molar-refractivity contribution in [2.75, 3.05) is 0 Å². The van der Waals surface area contributed by atoms with Gasteiger partial charge in [0.2, 0.25) is 0 Å². The second-order valence-electron chi connectivity index (χ2n) is 7.07. The fourth-order valence-electron chi connectivity index (χ4n) is 3.16. The zero-order valence-electron chi connectivity index (χ0n) is 16.0. The van der Waals surface area contributed by atoms with E-state index in [1.54, 1.807) is 6.08 Å². The predicted molar refractivity (Wildman–Crippen MR) is 107 cm³/mol. The maximum Gasteiger partial charge on any atom is -0.0348 e. The second kappa shape index (κ2) is 21.5. The van der Waals surface area contributed by atoms with E-state index in [1.165, 1.54) is 116 Å². The Morgan fingerprint density at radius 1 is 0.522 bits per heavy atom. The molecule has 0 nitrogen and oxygen atoms in total. The number of unbranched alkanes of at least 4 members (excludes halogenated alkanes) is 17. The van der Waals surface area contributed by atoms with Gasteiger partial charge in [-0.05, 0) is 12.8 Å². The van der Waals surface area contributed by atoms with Gasteiger partial charge in [0.15, 0.2) is 0 Å². The molecule has 0 heteroatoms. The fraction of sp³-hybridized carbons (Fsp3) is 0.826. The molecule has 0 fully saturated rings. The summed E-state index contributed by atoms with van der Waals surface area (Å²) in [4.78, 5) is 0. The van der Waals surface area contributed by atoms with Gasteiger partial charge >= 0.3 is 0 Å². The molecule has 0 unspecified atom stereocenters. The van der Waals surface area contributed by atoms with Crippen LogP contribution in [0.1, 0.15) is 122 Å². The highest BCUT2D eigenvalue weighted by Crippen LogP contribution is 2.14. The van der Waals surface area contributed by atoms with Crippen molar-refractivity contribution in [3.05, 3.63) is 24.8 Å². The summed E-state index contributed by atoms with van der Waals surface area (Å²) in [5.74, 6) is 0. The topological polar surface area (TPSA) is 0 Å². The zero-order valence-corrected chi connectivity index (χ0v) is 16.0. The zero-order chi connectivity index (χ0) is 16.8. The van der Waals surface area contributed by atoms with Gasteiger partial charge in [0.25, 0.3) is 0 Å². The maximum absolute atomic E-state index is 5.29. The smallest absolute Gasteiger partial charge is 0.0348 e. The van der Waals surface area contributed by atoms with E-state index >= 15 is 0 Å². The minimum Gasteiger partial charge on any atom is -0.0845 e. The third kappa shape index (κ3) is 21.5. The third-order valence-corrected chi connectivity index (χ3v) is 4.72. The summed E-state index contributed by atoms with van der Waals surface area (Å²) < 4.78 is 0. The van der Waals surface area contributed by atoms with Gasteiger partial charge in [-0.15, -0.1) is 0 Å². The summed E-state index contributed by atoms with van der Waals surface area (Å²) >= 11 is 0. The van der Waals surface area contributed by atoms with Crippen molar-refractivity contribution in [1.29, 1.82) is 0 Å². The van der Waals surface area contributed by atoms with Crippen molar-refractivity contribution in [3.63, 3.8) is 0 Å². The molecule has 0 heterocycles. The quantitative estimate of drug-likeness (QED) is 0.165. The van der Waals surface area contributed by atoms with Gasteiger partial charge in [-0.1, -0.05) is 134 Å². The van der Waals surface area contributed by atoms with Crippen molar-refractivity contribution < 1.29 is 0 Å². The molecule has 1 radical (unpaired) electrons. The highest BCUT2D eigenvalue weighted by atomic mass is 14.0. The van der Waals surface area contributed by atoms with Crippen LogP contribution in [-0.2, 0) is 0 Å². The highest BCUT2D eigenvalue weighted by molar-refractivity contribution is 4.95. The largest absolute Gasteiger partial charge is 0.0845 e. The van der Waals surface area contributed by atoms with E-state index in [2.05, 4.69) is 13.0 Å². The number of hydrogen-bond donors (Lipinski definition) is 0. The molecule has 0 aromatic rings. The number of rotatable bonds is 19. The Kier molecular flexibility index (Phi) is 21.0. The van der Waals surface area contributed by atoms with E-state index < -0.39 is 0 Å². The van der Waals surface area contributed by atoms with E-state index in [4.69, 9.17) is 6.58 Å². The van der Waals surface area contributed by atoms with Gasteiger partial charge in [0.05, 0.1) is 0 Å². The van der Waals surface area contributed by atoms with Crippen molar-refractivity contribution in [3.8, 4) is 0 Å². The first-order valence-electron chi connectivity index (χ1n) is 10.6. The first-order chi connectivity index (χ1) is 11.4. The molecule has 0 N–H and O–H groups in total. The van der Waals surface area contributed by atoms with Crippen molar-refractivity contribution >= 4 is 0 Å². The van der Waals surface area contributed by atoms with Crippen molar-refractivity contribution in [2.45, 2.75) is 122 Å². The monoisotopic (exact) mass is 319 g/mol. The van der Waals surface area contributed by atoms with E-state index in [1.807, 2.05) is 6.08 Å². The minimum atomic E-state index is 1.19. The van der Waals surface area contributed by atoms with Crippen LogP contribution in [0, 0.1) is 6.58 Å². The molecule has 0 saturated carbocycles. The predicted octanol–water partition coefficient (Wildman–Crippen LogP) is 8.57. The van der Waals surface area contributed by atoms with E-state index in [-0.39, 0.29) is 0 Å². The molecule has 0 bridgehead atoms. The lowest BCUT2D eigenvalue weighted by Crippen LogP contribution is -1.83. The molecule has 0 aliphatic rings. The van der Waals surface area contributed by atoms with E-state index in [0.29, 0.717) is 0 Å². The summed E-state index contributed by atoms with van der Waals surface area (Å²) in [5.41, 5.74) is 0. The number of allylic oxidation sites excluding steroid dienone is 3. The molecule has 0 atom stereocenters. The molecule has 0 aliphatic heterocycles. The summed E-state index contributed by atoms with van der Waals surface area (Å²) in [6.07, 6.45) is 31.4. The maximum atomic E-state index is 5.29. The molecule has 0 amide bonds. The van der Waals surface area contributed by atoms with Crippen LogP contribution in [0.25, 0.3) is 0 Å². The Morgan fingerprint density at radius 3 is 1.22 bits per heavy atom. The average molecular weight is 320 g/mol. The summed E-state index contributed by atoms with van der Waals surface area (Å²) in [5, 5.41) is 0. The minimum absolute atomic E-state index is 1.19. The number of hydrogen-bond acceptors (Lipinski definition) is 0. The lowest BCUT2D eigenvalue weighted by molar-refractivity contribution is 0.527. The Labute approximate surface area is 147 Å². The van der Waals surface area contributed by atoms with Crippen LogP contribution in [-0.4, -0.2) is 0 Å². The SMILES string of the molecule is [CH]=CC=CCCCCCCCCCCCCCCCCCCC. The van der Waals surface area contributed by atoms with Gasteiger partial charge in [0.1, 0.15) is 0 Å².